The summed E-state index contributed by atoms with van der Waals surface area (Å²) in [6.45, 7) is 4.65. The zero-order valence-electron chi connectivity index (χ0n) is 17.2. The van der Waals surface area contributed by atoms with Gasteiger partial charge in [0.2, 0.25) is 0 Å². The lowest BCUT2D eigenvalue weighted by Gasteiger charge is -2.25. The first-order valence-corrected chi connectivity index (χ1v) is 10.6. The van der Waals surface area contributed by atoms with Crippen molar-refractivity contribution in [2.75, 3.05) is 13.2 Å². The first-order chi connectivity index (χ1) is 15.1. The molecular formula is C24H27NO6. The second kappa shape index (κ2) is 9.49. The van der Waals surface area contributed by atoms with Crippen molar-refractivity contribution >= 4 is 22.8 Å². The minimum Gasteiger partial charge on any atom is -0.480 e. The van der Waals surface area contributed by atoms with Crippen LogP contribution in [0, 0.1) is 5.92 Å². The van der Waals surface area contributed by atoms with Gasteiger partial charge in [0.05, 0.1) is 25.4 Å². The molecule has 2 heterocycles. The van der Waals surface area contributed by atoms with E-state index in [9.17, 15) is 14.7 Å². The Morgan fingerprint density at radius 1 is 1.26 bits per heavy atom. The van der Waals surface area contributed by atoms with Crippen molar-refractivity contribution in [2.45, 2.75) is 43.6 Å². The number of rotatable bonds is 7. The molecule has 0 aliphatic carbocycles. The van der Waals surface area contributed by atoms with Gasteiger partial charge in [-0.15, -0.1) is 6.58 Å². The summed E-state index contributed by atoms with van der Waals surface area (Å²) >= 11 is 0. The zero-order chi connectivity index (χ0) is 21.8. The van der Waals surface area contributed by atoms with Crippen LogP contribution in [0.15, 0.2) is 55.1 Å². The summed E-state index contributed by atoms with van der Waals surface area (Å²) in [5.41, 5.74) is 1.02. The molecule has 2 aliphatic rings. The number of carbonyl (C=O) groups excluding carboxylic acids is 1. The maximum Gasteiger partial charge on any atom is 0.408 e. The third-order valence-corrected chi connectivity index (χ3v) is 6.00. The number of carboxylic acid groups (broad SMARTS) is 1. The van der Waals surface area contributed by atoms with E-state index in [1.165, 1.54) is 0 Å². The smallest absolute Gasteiger partial charge is 0.408 e. The molecule has 2 N–H and O–H groups in total. The first-order valence-electron chi connectivity index (χ1n) is 10.6. The molecule has 2 saturated heterocycles. The van der Waals surface area contributed by atoms with Crippen LogP contribution in [-0.4, -0.2) is 48.6 Å². The molecule has 0 bridgehead atoms. The van der Waals surface area contributed by atoms with Gasteiger partial charge in [-0.05, 0) is 29.2 Å². The minimum atomic E-state index is -1.13. The lowest BCUT2D eigenvalue weighted by Crippen LogP contribution is -2.49. The second-order valence-corrected chi connectivity index (χ2v) is 8.01. The molecule has 2 fully saturated rings. The monoisotopic (exact) mass is 425 g/mol. The van der Waals surface area contributed by atoms with Gasteiger partial charge < -0.3 is 24.6 Å². The molecular weight excluding hydrogens is 398 g/mol. The van der Waals surface area contributed by atoms with Crippen LogP contribution >= 0.6 is 0 Å². The van der Waals surface area contributed by atoms with Crippen LogP contribution < -0.4 is 5.32 Å². The number of hydrogen-bond acceptors (Lipinski definition) is 5. The van der Waals surface area contributed by atoms with Crippen LogP contribution in [0.2, 0.25) is 0 Å². The van der Waals surface area contributed by atoms with Crippen molar-refractivity contribution in [3.8, 4) is 0 Å². The van der Waals surface area contributed by atoms with Gasteiger partial charge in [0.15, 0.2) is 0 Å². The molecule has 7 nitrogen and oxygen atoms in total. The van der Waals surface area contributed by atoms with Crippen molar-refractivity contribution in [3.05, 3.63) is 60.7 Å². The molecule has 2 aromatic rings. The molecule has 31 heavy (non-hydrogen) atoms. The van der Waals surface area contributed by atoms with Crippen LogP contribution in [-0.2, 0) is 19.0 Å². The normalized spacial score (nSPS) is 26.5. The van der Waals surface area contributed by atoms with E-state index in [4.69, 9.17) is 14.2 Å². The number of carbonyl (C=O) groups is 2. The Labute approximate surface area is 181 Å². The standard InChI is InChI=1S/C24H27NO6/c1-2-6-20-19(22(23(26)27)25-24(28)30-16-11-12-29-14-16)13-21(31-20)18-10-5-8-15-7-3-4-9-17(15)18/h2-5,7-10,16,19-22H,1,6,11-14H2,(H,25,28)(H,26,27)/t16?,19-,20-,21+,22?/m0/s1. The zero-order valence-corrected chi connectivity index (χ0v) is 17.2. The molecule has 7 heteroatoms. The lowest BCUT2D eigenvalue weighted by molar-refractivity contribution is -0.141. The average molecular weight is 425 g/mol. The average Bonchev–Trinajstić information content (AvgIpc) is 3.42. The van der Waals surface area contributed by atoms with E-state index in [0.29, 0.717) is 32.5 Å². The van der Waals surface area contributed by atoms with E-state index >= 15 is 0 Å². The summed E-state index contributed by atoms with van der Waals surface area (Å²) in [5, 5.41) is 14.6. The van der Waals surface area contributed by atoms with Crippen molar-refractivity contribution in [1.82, 2.24) is 5.32 Å². The van der Waals surface area contributed by atoms with E-state index in [2.05, 4.69) is 11.9 Å². The molecule has 4 rings (SSSR count). The molecule has 164 valence electrons. The maximum absolute atomic E-state index is 12.3. The highest BCUT2D eigenvalue weighted by atomic mass is 16.6. The van der Waals surface area contributed by atoms with Gasteiger partial charge in [0.1, 0.15) is 12.1 Å². The van der Waals surface area contributed by atoms with Gasteiger partial charge in [0, 0.05) is 12.3 Å². The van der Waals surface area contributed by atoms with Gasteiger partial charge in [-0.1, -0.05) is 48.5 Å². The Morgan fingerprint density at radius 3 is 2.81 bits per heavy atom. The quantitative estimate of drug-likeness (QED) is 0.655. The number of carboxylic acids is 1. The SMILES string of the molecule is C=CC[C@@H]1O[C@@H](c2cccc3ccccc23)C[C@@H]1C(NC(=O)OC1CCOC1)C(=O)O. The van der Waals surface area contributed by atoms with Crippen molar-refractivity contribution in [3.63, 3.8) is 0 Å². The van der Waals surface area contributed by atoms with Gasteiger partial charge >= 0.3 is 12.1 Å². The number of ether oxygens (including phenoxy) is 3. The Morgan fingerprint density at radius 2 is 2.06 bits per heavy atom. The topological polar surface area (TPSA) is 94.1 Å². The highest BCUT2D eigenvalue weighted by Gasteiger charge is 2.44. The van der Waals surface area contributed by atoms with Gasteiger partial charge in [0.25, 0.3) is 0 Å². The molecule has 5 atom stereocenters. The molecule has 2 aromatic carbocycles. The Hall–Kier alpha value is -2.90. The third-order valence-electron chi connectivity index (χ3n) is 6.00. The third kappa shape index (κ3) is 4.73. The molecule has 1 amide bonds. The van der Waals surface area contributed by atoms with E-state index in [0.717, 1.165) is 16.3 Å². The highest BCUT2D eigenvalue weighted by molar-refractivity contribution is 5.86. The number of alkyl carbamates (subject to hydrolysis) is 1. The lowest BCUT2D eigenvalue weighted by atomic mass is 9.87. The van der Waals surface area contributed by atoms with Crippen LogP contribution in [0.1, 0.15) is 30.9 Å². The summed E-state index contributed by atoms with van der Waals surface area (Å²) in [7, 11) is 0. The van der Waals surface area contributed by atoms with Crippen LogP contribution in [0.5, 0.6) is 0 Å². The summed E-state index contributed by atoms with van der Waals surface area (Å²) in [6, 6.07) is 12.9. The van der Waals surface area contributed by atoms with Crippen LogP contribution in [0.4, 0.5) is 4.79 Å². The number of fused-ring (bicyclic) bond motifs is 1. The first kappa shape index (κ1) is 21.3. The van der Waals surface area contributed by atoms with Crippen LogP contribution in [0.3, 0.4) is 0 Å². The predicted octanol–water partition coefficient (Wildman–Crippen LogP) is 3.83. The fourth-order valence-corrected chi connectivity index (χ4v) is 4.51. The molecule has 0 saturated carbocycles. The van der Waals surface area contributed by atoms with E-state index in [1.807, 2.05) is 42.5 Å². The Bertz CT molecular complexity index is 949. The number of amides is 1. The second-order valence-electron chi connectivity index (χ2n) is 8.01. The summed E-state index contributed by atoms with van der Waals surface area (Å²) in [5.74, 6) is -1.53. The van der Waals surface area contributed by atoms with E-state index in [-0.39, 0.29) is 18.3 Å². The predicted molar refractivity (Wildman–Crippen MR) is 115 cm³/mol. The van der Waals surface area contributed by atoms with E-state index < -0.39 is 24.0 Å². The fraction of sp³-hybridized carbons (Fsp3) is 0.417. The minimum absolute atomic E-state index is 0.274. The molecule has 0 aromatic heterocycles. The number of hydrogen-bond donors (Lipinski definition) is 2. The van der Waals surface area contributed by atoms with Gasteiger partial charge in [-0.2, -0.15) is 0 Å². The van der Waals surface area contributed by atoms with Gasteiger partial charge in [-0.25, -0.2) is 9.59 Å². The van der Waals surface area contributed by atoms with E-state index in [1.54, 1.807) is 6.08 Å². The number of aliphatic carboxylic acids is 1. The molecule has 0 radical (unpaired) electrons. The summed E-state index contributed by atoms with van der Waals surface area (Å²) < 4.78 is 16.8. The largest absolute Gasteiger partial charge is 0.480 e. The Balaban J connectivity index is 1.55. The number of benzene rings is 2. The Kier molecular flexibility index (Phi) is 6.53. The van der Waals surface area contributed by atoms with Crippen molar-refractivity contribution < 1.29 is 28.9 Å². The summed E-state index contributed by atoms with van der Waals surface area (Å²) in [4.78, 5) is 24.4. The fourth-order valence-electron chi connectivity index (χ4n) is 4.51. The van der Waals surface area contributed by atoms with Crippen molar-refractivity contribution in [1.29, 1.82) is 0 Å². The molecule has 2 aliphatic heterocycles. The molecule has 2 unspecified atom stereocenters. The van der Waals surface area contributed by atoms with Crippen molar-refractivity contribution in [2.24, 2.45) is 5.92 Å². The maximum atomic E-state index is 12.3. The highest BCUT2D eigenvalue weighted by Crippen LogP contribution is 2.42. The summed E-state index contributed by atoms with van der Waals surface area (Å²) in [6.07, 6.45) is 1.55. The number of nitrogens with one attached hydrogen (secondary N) is 1. The van der Waals surface area contributed by atoms with Crippen LogP contribution in [0.25, 0.3) is 10.8 Å². The van der Waals surface area contributed by atoms with Gasteiger partial charge in [-0.3, -0.25) is 0 Å². The molecule has 0 spiro atoms.